The maximum absolute atomic E-state index is 13.1. The largest absolute Gasteiger partial charge is 0.756 e. The topological polar surface area (TPSA) is 108 Å². The highest BCUT2D eigenvalue weighted by Gasteiger charge is 2.24. The van der Waals surface area contributed by atoms with Crippen LogP contribution in [0.4, 0.5) is 0 Å². The van der Waals surface area contributed by atoms with Crippen molar-refractivity contribution in [2.75, 3.05) is 40.9 Å². The Bertz CT molecular complexity index is 1300. The summed E-state index contributed by atoms with van der Waals surface area (Å²) in [7, 11) is 1.33. The van der Waals surface area contributed by atoms with Gasteiger partial charge in [0.05, 0.1) is 39.9 Å². The molecule has 0 rings (SSSR count). The number of carbonyl (C=O) groups excluding carboxylic acids is 1. The van der Waals surface area contributed by atoms with E-state index in [9.17, 15) is 19.4 Å². The Balaban J connectivity index is 3.86. The summed E-state index contributed by atoms with van der Waals surface area (Å²) >= 11 is 0. The molecular weight excluding hydrogens is 1030 g/mol. The first-order chi connectivity index (χ1) is 40.0. The maximum atomic E-state index is 13.1. The molecule has 82 heavy (non-hydrogen) atoms. The number of likely N-dealkylation sites (N-methyl/N-ethyl adjacent to an activating group) is 1. The van der Waals surface area contributed by atoms with Gasteiger partial charge in [-0.15, -0.1) is 0 Å². The molecule has 0 fully saturated rings. The van der Waals surface area contributed by atoms with Crippen LogP contribution in [0, 0.1) is 0 Å². The van der Waals surface area contributed by atoms with Crippen molar-refractivity contribution in [3.8, 4) is 0 Å². The van der Waals surface area contributed by atoms with E-state index in [2.05, 4.69) is 19.2 Å². The number of carbonyl (C=O) groups is 1. The Hall–Kier alpha value is -0.500. The normalized spacial score (nSPS) is 13.5. The van der Waals surface area contributed by atoms with Crippen molar-refractivity contribution >= 4 is 13.7 Å². The van der Waals surface area contributed by atoms with Gasteiger partial charge in [-0.05, 0) is 12.8 Å². The number of amides is 1. The van der Waals surface area contributed by atoms with Crippen molar-refractivity contribution in [2.24, 2.45) is 0 Å². The summed E-state index contributed by atoms with van der Waals surface area (Å²) in [5.74, 6) is -0.153. The maximum Gasteiger partial charge on any atom is 0.268 e. The highest BCUT2D eigenvalue weighted by atomic mass is 31.2. The molecule has 0 saturated carbocycles. The minimum Gasteiger partial charge on any atom is -0.756 e. The average Bonchev–Trinajstić information content (AvgIpc) is 3.46. The number of aliphatic hydroxyl groups is 1. The number of aliphatic hydroxyl groups excluding tert-OH is 1. The zero-order valence-corrected chi connectivity index (χ0v) is 57.4. The Morgan fingerprint density at radius 1 is 0.378 bits per heavy atom. The van der Waals surface area contributed by atoms with Gasteiger partial charge in [0.25, 0.3) is 7.82 Å². The Labute approximate surface area is 514 Å². The monoisotopic (exact) mass is 1180 g/mol. The van der Waals surface area contributed by atoms with Crippen LogP contribution in [0.3, 0.4) is 0 Å². The molecule has 0 spiro atoms. The summed E-state index contributed by atoms with van der Waals surface area (Å²) in [6, 6.07) is -0.797. The first kappa shape index (κ1) is 81.5. The molecule has 0 aliphatic heterocycles. The van der Waals surface area contributed by atoms with Crippen LogP contribution in [0.25, 0.3) is 0 Å². The second kappa shape index (κ2) is 65.0. The molecule has 0 aromatic carbocycles. The van der Waals surface area contributed by atoms with Crippen LogP contribution < -0.4 is 10.2 Å². The minimum absolute atomic E-state index is 0.0170. The van der Waals surface area contributed by atoms with E-state index in [1.165, 1.54) is 347 Å². The Morgan fingerprint density at radius 3 is 0.829 bits per heavy atom. The summed E-state index contributed by atoms with van der Waals surface area (Å²) in [6.07, 6.45) is 82.1. The van der Waals surface area contributed by atoms with Gasteiger partial charge in [0.1, 0.15) is 13.2 Å². The van der Waals surface area contributed by atoms with E-state index < -0.39 is 20.0 Å². The quantitative estimate of drug-likeness (QED) is 0.0357. The third-order valence-corrected chi connectivity index (χ3v) is 18.8. The first-order valence-electron chi connectivity index (χ1n) is 37.4. The molecule has 3 atom stereocenters. The fourth-order valence-electron chi connectivity index (χ4n) is 12.0. The third-order valence-electron chi connectivity index (χ3n) is 17.8. The Morgan fingerprint density at radius 2 is 0.598 bits per heavy atom. The molecule has 0 bridgehead atoms. The molecule has 0 radical (unpaired) electrons. The van der Waals surface area contributed by atoms with Crippen molar-refractivity contribution < 1.29 is 32.9 Å². The Kier molecular flexibility index (Phi) is 64.6. The fraction of sp³-hybridized carbons (Fsp3) is 0.986. The lowest BCUT2D eigenvalue weighted by Gasteiger charge is -2.30. The smallest absolute Gasteiger partial charge is 0.268 e. The van der Waals surface area contributed by atoms with Gasteiger partial charge in [-0.25, -0.2) is 0 Å². The van der Waals surface area contributed by atoms with E-state index in [1.807, 2.05) is 21.1 Å². The number of hydrogen-bond donors (Lipinski definition) is 2. The molecule has 0 aromatic heterocycles. The van der Waals surface area contributed by atoms with E-state index in [0.717, 1.165) is 38.5 Å². The second-order valence-corrected chi connectivity index (χ2v) is 28.8. The van der Waals surface area contributed by atoms with Gasteiger partial charge in [-0.3, -0.25) is 9.36 Å². The summed E-state index contributed by atoms with van der Waals surface area (Å²) in [4.78, 5) is 25.7. The van der Waals surface area contributed by atoms with Gasteiger partial charge in [0.2, 0.25) is 5.91 Å². The minimum atomic E-state index is -4.57. The van der Waals surface area contributed by atoms with Crippen LogP contribution >= 0.6 is 7.82 Å². The number of hydrogen-bond acceptors (Lipinski definition) is 6. The highest BCUT2D eigenvalue weighted by Crippen LogP contribution is 2.38. The number of quaternary nitrogens is 1. The molecule has 3 unspecified atom stereocenters. The van der Waals surface area contributed by atoms with E-state index in [-0.39, 0.29) is 19.1 Å². The summed E-state index contributed by atoms with van der Waals surface area (Å²) in [5, 5.41) is 14.1. The predicted octanol–water partition coefficient (Wildman–Crippen LogP) is 23.3. The van der Waals surface area contributed by atoms with Crippen molar-refractivity contribution in [1.29, 1.82) is 0 Å². The third kappa shape index (κ3) is 67.0. The van der Waals surface area contributed by atoms with Crippen LogP contribution in [0.1, 0.15) is 412 Å². The number of rotatable bonds is 71. The van der Waals surface area contributed by atoms with Crippen LogP contribution in [0.5, 0.6) is 0 Å². The van der Waals surface area contributed by atoms with Gasteiger partial charge >= 0.3 is 0 Å². The van der Waals surface area contributed by atoms with Crippen LogP contribution in [-0.4, -0.2) is 68.5 Å². The molecule has 492 valence electrons. The molecule has 0 aliphatic rings. The molecule has 0 aliphatic carbocycles. The average molecular weight is 1180 g/mol. The molecule has 2 N–H and O–H groups in total. The molecule has 0 heterocycles. The first-order valence-corrected chi connectivity index (χ1v) is 38.8. The van der Waals surface area contributed by atoms with E-state index in [1.54, 1.807) is 0 Å². The second-order valence-electron chi connectivity index (χ2n) is 27.4. The summed E-state index contributed by atoms with van der Waals surface area (Å²) < 4.78 is 23.5. The molecule has 9 heteroatoms. The zero-order chi connectivity index (χ0) is 59.8. The fourth-order valence-corrected chi connectivity index (χ4v) is 12.8. The lowest BCUT2D eigenvalue weighted by molar-refractivity contribution is -0.870. The van der Waals surface area contributed by atoms with Crippen molar-refractivity contribution in [3.05, 3.63) is 0 Å². The van der Waals surface area contributed by atoms with Gasteiger partial charge in [-0.1, -0.05) is 393 Å². The standard InChI is InChI=1S/C73H149N2O6P/c1-6-8-10-12-14-16-18-20-22-24-26-28-29-30-31-32-33-34-35-36-37-38-39-40-41-42-43-44-45-47-49-51-53-55-57-59-61-63-65-67-73(77)74-71(70-81-82(78,79)80-69-68-75(3,4)5)72(76)66-64-62-60-58-56-54-52-50-48-46-27-25-23-21-19-17-15-13-11-9-7-2/h71-72,76H,6-70H2,1-5H3,(H-,74,77,78,79). The lowest BCUT2D eigenvalue weighted by Crippen LogP contribution is -2.46. The number of nitrogens with zero attached hydrogens (tertiary/aromatic N) is 1. The highest BCUT2D eigenvalue weighted by molar-refractivity contribution is 7.45. The molecule has 1 amide bonds. The van der Waals surface area contributed by atoms with Crippen molar-refractivity contribution in [2.45, 2.75) is 424 Å². The number of phosphoric ester groups is 1. The summed E-state index contributed by atoms with van der Waals surface area (Å²) in [6.45, 7) is 4.80. The molecule has 0 aromatic rings. The zero-order valence-electron chi connectivity index (χ0n) is 56.5. The number of unbranched alkanes of at least 4 members (excludes halogenated alkanes) is 58. The lowest BCUT2D eigenvalue weighted by atomic mass is 10.0. The van der Waals surface area contributed by atoms with Crippen LogP contribution in [0.15, 0.2) is 0 Å². The van der Waals surface area contributed by atoms with Crippen LogP contribution in [-0.2, 0) is 18.4 Å². The SMILES string of the molecule is CCCCCCCCCCCCCCCCCCCCCCCCCCCCCCCCCCCCCCCCCC(=O)NC(COP(=O)([O-])OCC[N+](C)(C)C)C(O)CCCCCCCCCCCCCCCCCCCCCCC. The van der Waals surface area contributed by atoms with Crippen molar-refractivity contribution in [1.82, 2.24) is 5.32 Å². The van der Waals surface area contributed by atoms with Crippen molar-refractivity contribution in [3.63, 3.8) is 0 Å². The summed E-state index contributed by atoms with van der Waals surface area (Å²) in [5.41, 5.74) is 0. The van der Waals surface area contributed by atoms with Gasteiger partial charge in [-0.2, -0.15) is 0 Å². The van der Waals surface area contributed by atoms with Gasteiger partial charge in [0, 0.05) is 6.42 Å². The molecular formula is C73H149N2O6P. The van der Waals surface area contributed by atoms with E-state index >= 15 is 0 Å². The number of nitrogens with one attached hydrogen (secondary N) is 1. The van der Waals surface area contributed by atoms with E-state index in [0.29, 0.717) is 23.9 Å². The predicted molar refractivity (Wildman–Crippen MR) is 358 cm³/mol. The number of phosphoric acid groups is 1. The van der Waals surface area contributed by atoms with Gasteiger partial charge in [0.15, 0.2) is 0 Å². The molecule has 0 saturated heterocycles. The molecule has 8 nitrogen and oxygen atoms in total. The van der Waals surface area contributed by atoms with E-state index in [4.69, 9.17) is 9.05 Å². The van der Waals surface area contributed by atoms with Crippen LogP contribution in [0.2, 0.25) is 0 Å². The van der Waals surface area contributed by atoms with Gasteiger partial charge < -0.3 is 28.8 Å².